The molecule has 0 spiro atoms. The zero-order chi connectivity index (χ0) is 12.9. The summed E-state index contributed by atoms with van der Waals surface area (Å²) in [5.74, 6) is 0.772. The van der Waals surface area contributed by atoms with Crippen LogP contribution in [0.15, 0.2) is 30.3 Å². The van der Waals surface area contributed by atoms with Crippen LogP contribution >= 0.6 is 11.6 Å². The van der Waals surface area contributed by atoms with Crippen molar-refractivity contribution in [3.63, 3.8) is 0 Å². The van der Waals surface area contributed by atoms with Crippen LogP contribution in [-0.2, 0) is 16.1 Å². The number of alkyl halides is 1. The van der Waals surface area contributed by atoms with Crippen molar-refractivity contribution in [1.82, 2.24) is 0 Å². The molecular weight excluding hydrogens is 248 g/mol. The molecule has 0 N–H and O–H groups in total. The maximum atomic E-state index is 5.60. The molecule has 0 bridgehead atoms. The largest absolute Gasteiger partial charge is 0.379 e. The van der Waals surface area contributed by atoms with Gasteiger partial charge in [-0.25, -0.2) is 0 Å². The third-order valence-corrected chi connectivity index (χ3v) is 2.92. The lowest BCUT2D eigenvalue weighted by atomic mass is 10.2. The van der Waals surface area contributed by atoms with Gasteiger partial charge < -0.3 is 9.47 Å². The van der Waals surface area contributed by atoms with Crippen molar-refractivity contribution in [3.8, 4) is 0 Å². The van der Waals surface area contributed by atoms with Crippen molar-refractivity contribution in [2.75, 3.05) is 25.7 Å². The predicted molar refractivity (Wildman–Crippen MR) is 76.1 cm³/mol. The summed E-state index contributed by atoms with van der Waals surface area (Å²) in [5.41, 5.74) is 1.21. The van der Waals surface area contributed by atoms with Gasteiger partial charge in [0.15, 0.2) is 0 Å². The van der Waals surface area contributed by atoms with E-state index < -0.39 is 0 Å². The van der Waals surface area contributed by atoms with Crippen molar-refractivity contribution < 1.29 is 9.47 Å². The van der Waals surface area contributed by atoms with Gasteiger partial charge in [-0.05, 0) is 18.4 Å². The van der Waals surface area contributed by atoms with Crippen LogP contribution in [0.25, 0.3) is 0 Å². The summed E-state index contributed by atoms with van der Waals surface area (Å²) < 4.78 is 11.0. The molecule has 18 heavy (non-hydrogen) atoms. The van der Waals surface area contributed by atoms with Crippen LogP contribution in [0.5, 0.6) is 0 Å². The van der Waals surface area contributed by atoms with E-state index in [9.17, 15) is 0 Å². The van der Waals surface area contributed by atoms with Gasteiger partial charge in [-0.2, -0.15) is 0 Å². The lowest BCUT2D eigenvalue weighted by Gasteiger charge is -2.06. The normalized spacial score (nSPS) is 10.7. The average Bonchev–Trinajstić information content (AvgIpc) is 2.42. The highest BCUT2D eigenvalue weighted by molar-refractivity contribution is 6.17. The maximum Gasteiger partial charge on any atom is 0.0718 e. The Morgan fingerprint density at radius 2 is 1.50 bits per heavy atom. The number of hydrogen-bond donors (Lipinski definition) is 0. The van der Waals surface area contributed by atoms with E-state index in [0.717, 1.165) is 25.3 Å². The molecule has 1 aromatic carbocycles. The number of rotatable bonds is 11. The van der Waals surface area contributed by atoms with Gasteiger partial charge in [-0.1, -0.05) is 43.2 Å². The van der Waals surface area contributed by atoms with E-state index in [4.69, 9.17) is 21.1 Å². The molecule has 0 radical (unpaired) electrons. The first-order chi connectivity index (χ1) is 8.93. The Kier molecular flexibility index (Phi) is 9.91. The van der Waals surface area contributed by atoms with Crippen LogP contribution < -0.4 is 0 Å². The molecule has 0 saturated heterocycles. The molecular formula is C15H23ClO2. The number of benzene rings is 1. The molecule has 0 fully saturated rings. The summed E-state index contributed by atoms with van der Waals surface area (Å²) in [7, 11) is 0. The van der Waals surface area contributed by atoms with Gasteiger partial charge in [0, 0.05) is 12.5 Å². The minimum atomic E-state index is 0.663. The third kappa shape index (κ3) is 8.51. The number of hydrogen-bond acceptors (Lipinski definition) is 2. The van der Waals surface area contributed by atoms with E-state index >= 15 is 0 Å². The second-order valence-electron chi connectivity index (χ2n) is 4.25. The van der Waals surface area contributed by atoms with Crippen molar-refractivity contribution in [1.29, 1.82) is 0 Å². The van der Waals surface area contributed by atoms with Crippen molar-refractivity contribution in [2.24, 2.45) is 0 Å². The standard InChI is InChI=1S/C15H23ClO2/c16-10-6-1-2-7-11-17-12-13-18-14-15-8-4-3-5-9-15/h3-5,8-9H,1-2,6-7,10-14H2. The lowest BCUT2D eigenvalue weighted by Crippen LogP contribution is -2.05. The fraction of sp³-hybridized carbons (Fsp3) is 0.600. The van der Waals surface area contributed by atoms with Crippen LogP contribution in [0.1, 0.15) is 31.2 Å². The summed E-state index contributed by atoms with van der Waals surface area (Å²) >= 11 is 5.60. The fourth-order valence-corrected chi connectivity index (χ4v) is 1.83. The number of halogens is 1. The monoisotopic (exact) mass is 270 g/mol. The Hall–Kier alpha value is -0.570. The van der Waals surface area contributed by atoms with E-state index in [2.05, 4.69) is 12.1 Å². The minimum Gasteiger partial charge on any atom is -0.379 e. The first-order valence-corrected chi connectivity index (χ1v) is 7.22. The van der Waals surface area contributed by atoms with Gasteiger partial charge in [0.2, 0.25) is 0 Å². The summed E-state index contributed by atoms with van der Waals surface area (Å²) in [6.07, 6.45) is 4.65. The van der Waals surface area contributed by atoms with Gasteiger partial charge in [-0.15, -0.1) is 11.6 Å². The van der Waals surface area contributed by atoms with E-state index in [1.54, 1.807) is 0 Å². The molecule has 0 amide bonds. The first kappa shape index (κ1) is 15.5. The zero-order valence-electron chi connectivity index (χ0n) is 10.9. The molecule has 0 atom stereocenters. The zero-order valence-corrected chi connectivity index (χ0v) is 11.7. The van der Waals surface area contributed by atoms with E-state index in [1.165, 1.54) is 18.4 Å². The summed E-state index contributed by atoms with van der Waals surface area (Å²) in [4.78, 5) is 0. The Morgan fingerprint density at radius 3 is 2.28 bits per heavy atom. The van der Waals surface area contributed by atoms with Gasteiger partial charge in [0.25, 0.3) is 0 Å². The Labute approximate surface area is 115 Å². The average molecular weight is 271 g/mol. The molecule has 1 aromatic rings. The lowest BCUT2D eigenvalue weighted by molar-refractivity contribution is 0.0393. The molecule has 2 nitrogen and oxygen atoms in total. The molecule has 102 valence electrons. The van der Waals surface area contributed by atoms with Gasteiger partial charge >= 0.3 is 0 Å². The van der Waals surface area contributed by atoms with Crippen LogP contribution in [-0.4, -0.2) is 25.7 Å². The smallest absolute Gasteiger partial charge is 0.0718 e. The SMILES string of the molecule is ClCCCCCCOCCOCc1ccccc1. The molecule has 0 heterocycles. The Morgan fingerprint density at radius 1 is 0.778 bits per heavy atom. The summed E-state index contributed by atoms with van der Waals surface area (Å²) in [6.45, 7) is 2.84. The first-order valence-electron chi connectivity index (χ1n) is 6.69. The number of ether oxygens (including phenoxy) is 2. The number of unbranched alkanes of at least 4 members (excludes halogenated alkanes) is 3. The van der Waals surface area contributed by atoms with Gasteiger partial charge in [0.1, 0.15) is 0 Å². The highest BCUT2D eigenvalue weighted by Gasteiger charge is 1.93. The molecule has 0 aromatic heterocycles. The van der Waals surface area contributed by atoms with Crippen LogP contribution in [0.2, 0.25) is 0 Å². The van der Waals surface area contributed by atoms with Gasteiger partial charge in [-0.3, -0.25) is 0 Å². The topological polar surface area (TPSA) is 18.5 Å². The van der Waals surface area contributed by atoms with E-state index in [1.807, 2.05) is 18.2 Å². The van der Waals surface area contributed by atoms with Crippen LogP contribution in [0.3, 0.4) is 0 Å². The second kappa shape index (κ2) is 11.5. The molecule has 0 aliphatic rings. The fourth-order valence-electron chi connectivity index (χ4n) is 1.64. The molecule has 0 saturated carbocycles. The molecule has 3 heteroatoms. The maximum absolute atomic E-state index is 5.60. The second-order valence-corrected chi connectivity index (χ2v) is 4.63. The van der Waals surface area contributed by atoms with Crippen molar-refractivity contribution >= 4 is 11.6 Å². The highest BCUT2D eigenvalue weighted by Crippen LogP contribution is 2.02. The quantitative estimate of drug-likeness (QED) is 0.447. The summed E-state index contributed by atoms with van der Waals surface area (Å²) in [5, 5.41) is 0. The van der Waals surface area contributed by atoms with E-state index in [0.29, 0.717) is 19.8 Å². The Balaban J connectivity index is 1.82. The Bertz CT molecular complexity index is 277. The van der Waals surface area contributed by atoms with Gasteiger partial charge in [0.05, 0.1) is 19.8 Å². The van der Waals surface area contributed by atoms with E-state index in [-0.39, 0.29) is 0 Å². The molecule has 0 unspecified atom stereocenters. The third-order valence-electron chi connectivity index (χ3n) is 2.66. The van der Waals surface area contributed by atoms with Crippen molar-refractivity contribution in [2.45, 2.75) is 32.3 Å². The highest BCUT2D eigenvalue weighted by atomic mass is 35.5. The predicted octanol–water partition coefficient (Wildman–Crippen LogP) is 4.02. The molecule has 0 aliphatic heterocycles. The molecule has 0 aliphatic carbocycles. The molecule has 1 rings (SSSR count). The van der Waals surface area contributed by atoms with Crippen LogP contribution in [0.4, 0.5) is 0 Å². The minimum absolute atomic E-state index is 0.663. The van der Waals surface area contributed by atoms with Crippen LogP contribution in [0, 0.1) is 0 Å². The summed E-state index contributed by atoms with van der Waals surface area (Å²) in [6, 6.07) is 10.2. The van der Waals surface area contributed by atoms with Crippen molar-refractivity contribution in [3.05, 3.63) is 35.9 Å².